The van der Waals surface area contributed by atoms with Crippen LogP contribution >= 0.6 is 0 Å². The molecule has 0 heterocycles. The van der Waals surface area contributed by atoms with Gasteiger partial charge in [-0.3, -0.25) is 0 Å². The molecule has 6 heteroatoms. The average molecular weight is 346 g/mol. The van der Waals surface area contributed by atoms with Gasteiger partial charge in [-0.05, 0) is 54.7 Å². The van der Waals surface area contributed by atoms with Crippen molar-refractivity contribution in [1.29, 1.82) is 10.5 Å². The lowest BCUT2D eigenvalue weighted by atomic mass is 9.65. The molecule has 0 bridgehead atoms. The van der Waals surface area contributed by atoms with Gasteiger partial charge in [-0.1, -0.05) is 0 Å². The molecule has 128 valence electrons. The van der Waals surface area contributed by atoms with Gasteiger partial charge < -0.3 is 0 Å². The number of nitriles is 2. The molecule has 0 N–H and O–H groups in total. The predicted octanol–water partition coefficient (Wildman–Crippen LogP) is 4.94. The molecule has 1 aliphatic carbocycles. The second kappa shape index (κ2) is 7.81. The number of benzene rings is 2. The van der Waals surface area contributed by atoms with Gasteiger partial charge in [0.05, 0.1) is 24.0 Å². The van der Waals surface area contributed by atoms with Gasteiger partial charge in [0.2, 0.25) is 0 Å². The average Bonchev–Trinajstić information content (AvgIpc) is 2.45. The van der Waals surface area contributed by atoms with Gasteiger partial charge in [0.25, 0.3) is 0 Å². The SMILES string of the molecule is N#CC1(c2cc(F)cc(F)c2)CCC1.N#CCc1cc(F)cc(F)c1. The van der Waals surface area contributed by atoms with Crippen molar-refractivity contribution < 1.29 is 17.6 Å². The van der Waals surface area contributed by atoms with Crippen LogP contribution in [-0.2, 0) is 11.8 Å². The van der Waals surface area contributed by atoms with Crippen LogP contribution in [0.4, 0.5) is 17.6 Å². The minimum atomic E-state index is -0.643. The Hall–Kier alpha value is -2.86. The molecule has 1 saturated carbocycles. The first kappa shape index (κ1) is 18.5. The first-order valence-corrected chi connectivity index (χ1v) is 7.58. The van der Waals surface area contributed by atoms with E-state index in [0.717, 1.165) is 30.7 Å². The molecule has 1 aliphatic rings. The minimum Gasteiger partial charge on any atom is -0.207 e. The van der Waals surface area contributed by atoms with Crippen molar-refractivity contribution in [2.75, 3.05) is 0 Å². The van der Waals surface area contributed by atoms with E-state index < -0.39 is 28.7 Å². The number of rotatable bonds is 2. The zero-order chi connectivity index (χ0) is 18.4. The Labute approximate surface area is 142 Å². The van der Waals surface area contributed by atoms with Gasteiger partial charge in [0.15, 0.2) is 0 Å². The van der Waals surface area contributed by atoms with Gasteiger partial charge >= 0.3 is 0 Å². The molecule has 0 radical (unpaired) electrons. The molecule has 2 nitrogen and oxygen atoms in total. The summed E-state index contributed by atoms with van der Waals surface area (Å²) in [6.45, 7) is 0. The highest BCUT2D eigenvalue weighted by atomic mass is 19.1. The molecule has 0 saturated heterocycles. The number of hydrogen-bond donors (Lipinski definition) is 0. The Morgan fingerprint density at radius 1 is 0.800 bits per heavy atom. The van der Waals surface area contributed by atoms with Crippen molar-refractivity contribution in [2.24, 2.45) is 0 Å². The first-order valence-electron chi connectivity index (χ1n) is 7.58. The fourth-order valence-corrected chi connectivity index (χ4v) is 2.63. The van der Waals surface area contributed by atoms with Crippen molar-refractivity contribution in [3.05, 3.63) is 70.8 Å². The lowest BCUT2D eigenvalue weighted by molar-refractivity contribution is 0.321. The Bertz CT molecular complexity index is 805. The van der Waals surface area contributed by atoms with E-state index in [2.05, 4.69) is 6.07 Å². The quantitative estimate of drug-likeness (QED) is 0.723. The fourth-order valence-electron chi connectivity index (χ4n) is 2.63. The summed E-state index contributed by atoms with van der Waals surface area (Å²) in [4.78, 5) is 0. The highest BCUT2D eigenvalue weighted by Crippen LogP contribution is 2.43. The van der Waals surface area contributed by atoms with E-state index in [4.69, 9.17) is 10.5 Å². The van der Waals surface area contributed by atoms with Gasteiger partial charge in [0, 0.05) is 12.1 Å². The molecule has 0 atom stereocenters. The number of halogens is 4. The second-order valence-electron chi connectivity index (χ2n) is 5.82. The normalized spacial score (nSPS) is 14.3. The van der Waals surface area contributed by atoms with Crippen LogP contribution in [0, 0.1) is 45.9 Å². The third kappa shape index (κ3) is 4.58. The van der Waals surface area contributed by atoms with E-state index in [0.29, 0.717) is 24.0 Å². The highest BCUT2D eigenvalue weighted by Gasteiger charge is 2.39. The maximum atomic E-state index is 12.9. The molecular formula is C19H14F4N2. The Morgan fingerprint density at radius 3 is 1.64 bits per heavy atom. The molecule has 1 fully saturated rings. The van der Waals surface area contributed by atoms with Crippen molar-refractivity contribution in [2.45, 2.75) is 31.1 Å². The van der Waals surface area contributed by atoms with Crippen molar-refractivity contribution in [1.82, 2.24) is 0 Å². The third-order valence-corrected chi connectivity index (χ3v) is 4.04. The Kier molecular flexibility index (Phi) is 5.77. The van der Waals surface area contributed by atoms with Gasteiger partial charge in [0.1, 0.15) is 23.3 Å². The van der Waals surface area contributed by atoms with Gasteiger partial charge in [-0.2, -0.15) is 10.5 Å². The second-order valence-corrected chi connectivity index (χ2v) is 5.82. The van der Waals surface area contributed by atoms with E-state index in [1.807, 2.05) is 0 Å². The fraction of sp³-hybridized carbons (Fsp3) is 0.263. The summed E-state index contributed by atoms with van der Waals surface area (Å²) in [5.74, 6) is -2.51. The maximum Gasteiger partial charge on any atom is 0.126 e. The molecule has 2 aromatic rings. The summed E-state index contributed by atoms with van der Waals surface area (Å²) in [6.07, 6.45) is 2.39. The Balaban J connectivity index is 0.000000186. The predicted molar refractivity (Wildman–Crippen MR) is 83.2 cm³/mol. The van der Waals surface area contributed by atoms with Crippen molar-refractivity contribution in [3.63, 3.8) is 0 Å². The van der Waals surface area contributed by atoms with Crippen LogP contribution < -0.4 is 0 Å². The van der Waals surface area contributed by atoms with E-state index in [1.54, 1.807) is 6.07 Å². The molecule has 25 heavy (non-hydrogen) atoms. The van der Waals surface area contributed by atoms with Gasteiger partial charge in [-0.15, -0.1) is 0 Å². The molecule has 0 unspecified atom stereocenters. The zero-order valence-electron chi connectivity index (χ0n) is 13.2. The zero-order valence-corrected chi connectivity index (χ0v) is 13.2. The number of hydrogen-bond acceptors (Lipinski definition) is 2. The monoisotopic (exact) mass is 346 g/mol. The molecule has 2 aromatic carbocycles. The molecule has 3 rings (SSSR count). The van der Waals surface area contributed by atoms with Gasteiger partial charge in [-0.25, -0.2) is 17.6 Å². The smallest absolute Gasteiger partial charge is 0.126 e. The van der Waals surface area contributed by atoms with Crippen LogP contribution in [-0.4, -0.2) is 0 Å². The Morgan fingerprint density at radius 2 is 1.28 bits per heavy atom. The molecular weight excluding hydrogens is 332 g/mol. The minimum absolute atomic E-state index is 0.0364. The number of nitrogens with zero attached hydrogens (tertiary/aromatic N) is 2. The highest BCUT2D eigenvalue weighted by molar-refractivity contribution is 5.35. The molecule has 0 amide bonds. The van der Waals surface area contributed by atoms with Crippen LogP contribution in [0.25, 0.3) is 0 Å². The van der Waals surface area contributed by atoms with Crippen molar-refractivity contribution in [3.8, 4) is 12.1 Å². The third-order valence-electron chi connectivity index (χ3n) is 4.04. The van der Waals surface area contributed by atoms with Crippen LogP contribution in [0.15, 0.2) is 36.4 Å². The summed E-state index contributed by atoms with van der Waals surface area (Å²) >= 11 is 0. The molecule has 0 aromatic heterocycles. The van der Waals surface area contributed by atoms with Crippen LogP contribution in [0.3, 0.4) is 0 Å². The summed E-state index contributed by atoms with van der Waals surface area (Å²) < 4.78 is 50.6. The topological polar surface area (TPSA) is 47.6 Å². The van der Waals surface area contributed by atoms with Crippen molar-refractivity contribution >= 4 is 0 Å². The largest absolute Gasteiger partial charge is 0.207 e. The molecule has 0 spiro atoms. The lowest BCUT2D eigenvalue weighted by Gasteiger charge is -2.35. The van der Waals surface area contributed by atoms with E-state index in [1.165, 1.54) is 12.1 Å². The standard InChI is InChI=1S/C11H9F2N.C8H5F2N/c12-9-4-8(5-10(13)6-9)11(7-14)2-1-3-11;9-7-3-6(1-2-11)4-8(10)5-7/h4-6H,1-3H2;3-5H,1H2. The van der Waals surface area contributed by atoms with E-state index in [9.17, 15) is 17.6 Å². The van der Waals surface area contributed by atoms with E-state index >= 15 is 0 Å². The molecule has 0 aliphatic heterocycles. The summed E-state index contributed by atoms with van der Waals surface area (Å²) in [6, 6.07) is 10.4. The van der Waals surface area contributed by atoms with Crippen LogP contribution in [0.5, 0.6) is 0 Å². The van der Waals surface area contributed by atoms with Crippen LogP contribution in [0.1, 0.15) is 30.4 Å². The van der Waals surface area contributed by atoms with E-state index in [-0.39, 0.29) is 6.42 Å². The summed E-state index contributed by atoms with van der Waals surface area (Å²) in [7, 11) is 0. The van der Waals surface area contributed by atoms with Crippen LogP contribution in [0.2, 0.25) is 0 Å². The first-order chi connectivity index (χ1) is 11.9. The maximum absolute atomic E-state index is 12.9. The summed E-state index contributed by atoms with van der Waals surface area (Å²) in [5, 5.41) is 17.2. The lowest BCUT2D eigenvalue weighted by Crippen LogP contribution is -2.32. The summed E-state index contributed by atoms with van der Waals surface area (Å²) in [5.41, 5.74) is 0.205.